The first-order valence-electron chi connectivity index (χ1n) is 9.97. The summed E-state index contributed by atoms with van der Waals surface area (Å²) in [6.45, 7) is 4.01. The molecule has 160 valence electrons. The van der Waals surface area contributed by atoms with E-state index in [1.807, 2.05) is 44.2 Å². The van der Waals surface area contributed by atoms with Gasteiger partial charge in [0.1, 0.15) is 17.7 Å². The van der Waals surface area contributed by atoms with Crippen LogP contribution in [0.3, 0.4) is 0 Å². The molecule has 0 unspecified atom stereocenters. The third-order valence-electron chi connectivity index (χ3n) is 5.10. The van der Waals surface area contributed by atoms with Gasteiger partial charge in [-0.1, -0.05) is 23.7 Å². The molecule has 0 saturated carbocycles. The van der Waals surface area contributed by atoms with E-state index in [9.17, 15) is 0 Å². The molecular weight excluding hydrogens is 434 g/mol. The maximum Gasteiger partial charge on any atom is 0.230 e. The zero-order valence-corrected chi connectivity index (χ0v) is 18.6. The molecule has 8 heteroatoms. The minimum absolute atomic E-state index is 0.281. The van der Waals surface area contributed by atoms with Crippen LogP contribution in [0.4, 0.5) is 17.6 Å². The van der Waals surface area contributed by atoms with Gasteiger partial charge in [-0.15, -0.1) is 0 Å². The van der Waals surface area contributed by atoms with E-state index < -0.39 is 0 Å². The van der Waals surface area contributed by atoms with Crippen molar-refractivity contribution in [3.63, 3.8) is 0 Å². The summed E-state index contributed by atoms with van der Waals surface area (Å²) in [5.74, 6) is 1.05. The van der Waals surface area contributed by atoms with Crippen molar-refractivity contribution in [3.8, 4) is 23.3 Å². The number of halogens is 1. The van der Waals surface area contributed by atoms with Crippen LogP contribution in [0.25, 0.3) is 28.1 Å². The van der Waals surface area contributed by atoms with E-state index in [4.69, 9.17) is 32.8 Å². The molecule has 0 spiro atoms. The molecule has 0 amide bonds. The molecule has 0 aliphatic rings. The van der Waals surface area contributed by atoms with Crippen LogP contribution in [0.5, 0.6) is 0 Å². The average molecular weight is 452 g/mol. The van der Waals surface area contributed by atoms with Gasteiger partial charge in [-0.3, -0.25) is 0 Å². The van der Waals surface area contributed by atoms with E-state index in [-0.39, 0.29) is 11.8 Å². The molecule has 3 N–H and O–H groups in total. The monoisotopic (exact) mass is 451 g/mol. The summed E-state index contributed by atoms with van der Waals surface area (Å²) in [5, 5.41) is 22.0. The zero-order valence-electron chi connectivity index (χ0n) is 17.9. The van der Waals surface area contributed by atoms with Crippen molar-refractivity contribution in [3.05, 3.63) is 75.9 Å². The van der Waals surface area contributed by atoms with Crippen molar-refractivity contribution < 1.29 is 0 Å². The van der Waals surface area contributed by atoms with Crippen molar-refractivity contribution in [2.45, 2.75) is 13.8 Å². The van der Waals surface area contributed by atoms with Crippen molar-refractivity contribution >= 4 is 46.2 Å². The number of nitriles is 2. The second kappa shape index (κ2) is 8.96. The maximum atomic E-state index is 8.96. The fourth-order valence-corrected chi connectivity index (χ4v) is 3.98. The van der Waals surface area contributed by atoms with E-state index >= 15 is 0 Å². The van der Waals surface area contributed by atoms with Gasteiger partial charge in [0.2, 0.25) is 5.95 Å². The number of allylic oxidation sites excluding steroid dienone is 1. The molecule has 7 nitrogen and oxygen atoms in total. The average Bonchev–Trinajstić information content (AvgIpc) is 2.78. The predicted molar refractivity (Wildman–Crippen MR) is 131 cm³/mol. The number of anilines is 3. The number of hydrogen-bond donors (Lipinski definition) is 2. The van der Waals surface area contributed by atoms with Gasteiger partial charge in [-0.2, -0.15) is 15.5 Å². The van der Waals surface area contributed by atoms with Crippen LogP contribution in [-0.4, -0.2) is 15.0 Å². The van der Waals surface area contributed by atoms with Crippen LogP contribution < -0.4 is 11.1 Å². The normalized spacial score (nSPS) is 10.8. The van der Waals surface area contributed by atoms with Crippen LogP contribution in [0.1, 0.15) is 22.3 Å². The van der Waals surface area contributed by atoms with Crippen molar-refractivity contribution in [1.82, 2.24) is 15.0 Å². The highest BCUT2D eigenvalue weighted by atomic mass is 35.5. The largest absolute Gasteiger partial charge is 0.383 e. The Bertz CT molecular complexity index is 1470. The summed E-state index contributed by atoms with van der Waals surface area (Å²) in [7, 11) is 0. The molecule has 0 fully saturated rings. The summed E-state index contributed by atoms with van der Waals surface area (Å²) >= 11 is 6.44. The topological polar surface area (TPSA) is 124 Å². The van der Waals surface area contributed by atoms with E-state index in [0.717, 1.165) is 27.8 Å². The number of nitrogens with one attached hydrogen (secondary N) is 1. The van der Waals surface area contributed by atoms with Gasteiger partial charge >= 0.3 is 0 Å². The number of nitrogens with two attached hydrogens (primary N) is 1. The first kappa shape index (κ1) is 21.8. The second-order valence-corrected chi connectivity index (χ2v) is 7.88. The second-order valence-electron chi connectivity index (χ2n) is 7.44. The third kappa shape index (κ3) is 4.45. The highest BCUT2D eigenvalue weighted by molar-refractivity contribution is 6.32. The standard InChI is InChI=1S/C25H18ClN7/c1-14-8-16(4-3-7-27)9-15(2)22(14)19-10-18(26)11-20-23(19)32-25(33-24(20)29)31-21-6-5-17(12-28)13-30-21/h3-6,8-11,13H,1-2H3,(H3,29,30,31,32,33)/b4-3+. The number of aromatic nitrogens is 3. The zero-order chi connectivity index (χ0) is 23.5. The molecule has 2 aromatic heterocycles. The number of nitrogens with zero attached hydrogens (tertiary/aromatic N) is 5. The molecule has 0 saturated heterocycles. The summed E-state index contributed by atoms with van der Waals surface area (Å²) in [6.07, 6.45) is 4.69. The fourth-order valence-electron chi connectivity index (χ4n) is 3.77. The summed E-state index contributed by atoms with van der Waals surface area (Å²) < 4.78 is 0. The SMILES string of the molecule is Cc1cc(/C=C/C#N)cc(C)c1-c1cc(Cl)cc2c(N)nc(Nc3ccc(C#N)cn3)nc12. The van der Waals surface area contributed by atoms with Crippen LogP contribution in [0.15, 0.2) is 48.7 Å². The first-order chi connectivity index (χ1) is 15.9. The van der Waals surface area contributed by atoms with Gasteiger partial charge in [0, 0.05) is 28.2 Å². The van der Waals surface area contributed by atoms with Crippen molar-refractivity contribution in [2.24, 2.45) is 0 Å². The molecule has 0 aliphatic heterocycles. The molecule has 0 bridgehead atoms. The van der Waals surface area contributed by atoms with Crippen LogP contribution in [0, 0.1) is 36.5 Å². The minimum Gasteiger partial charge on any atom is -0.383 e. The predicted octanol–water partition coefficient (Wildman–Crippen LogP) is 5.70. The van der Waals surface area contributed by atoms with Crippen LogP contribution in [-0.2, 0) is 0 Å². The van der Waals surface area contributed by atoms with E-state index in [1.54, 1.807) is 24.3 Å². The lowest BCUT2D eigenvalue weighted by molar-refractivity contribution is 1.19. The Balaban J connectivity index is 1.88. The van der Waals surface area contributed by atoms with Crippen LogP contribution >= 0.6 is 11.6 Å². The maximum absolute atomic E-state index is 8.96. The van der Waals surface area contributed by atoms with Gasteiger partial charge in [0.05, 0.1) is 17.1 Å². The van der Waals surface area contributed by atoms with E-state index in [1.165, 1.54) is 12.3 Å². The Labute approximate surface area is 195 Å². The molecule has 2 aromatic carbocycles. The number of aryl methyl sites for hydroxylation is 2. The molecule has 2 heterocycles. The van der Waals surface area contributed by atoms with E-state index in [0.29, 0.717) is 27.3 Å². The Hall–Kier alpha value is -4.46. The van der Waals surface area contributed by atoms with Gasteiger partial charge in [0.25, 0.3) is 0 Å². The number of hydrogen-bond acceptors (Lipinski definition) is 7. The van der Waals surface area contributed by atoms with Crippen molar-refractivity contribution in [1.29, 1.82) is 10.5 Å². The van der Waals surface area contributed by atoms with Gasteiger partial charge < -0.3 is 11.1 Å². The number of fused-ring (bicyclic) bond motifs is 1. The van der Waals surface area contributed by atoms with E-state index in [2.05, 4.69) is 15.3 Å². The highest BCUT2D eigenvalue weighted by Crippen LogP contribution is 2.37. The molecule has 4 rings (SSSR count). The summed E-state index contributed by atoms with van der Waals surface area (Å²) in [5.41, 5.74) is 12.1. The molecule has 33 heavy (non-hydrogen) atoms. The Morgan fingerprint density at radius 1 is 1.06 bits per heavy atom. The Morgan fingerprint density at radius 3 is 2.45 bits per heavy atom. The molecule has 0 atom stereocenters. The number of nitrogen functional groups attached to an aromatic ring is 1. The number of benzene rings is 2. The first-order valence-corrected chi connectivity index (χ1v) is 10.3. The number of pyridine rings is 1. The van der Waals surface area contributed by atoms with Gasteiger partial charge in [-0.05, 0) is 66.4 Å². The molecule has 0 aliphatic carbocycles. The summed E-state index contributed by atoms with van der Waals surface area (Å²) in [6, 6.07) is 15.0. The lowest BCUT2D eigenvalue weighted by Crippen LogP contribution is -2.04. The van der Waals surface area contributed by atoms with Crippen molar-refractivity contribution in [2.75, 3.05) is 11.1 Å². The van der Waals surface area contributed by atoms with Gasteiger partial charge in [-0.25, -0.2) is 9.97 Å². The Morgan fingerprint density at radius 2 is 1.82 bits per heavy atom. The fraction of sp³-hybridized carbons (Fsp3) is 0.0800. The summed E-state index contributed by atoms with van der Waals surface area (Å²) in [4.78, 5) is 13.3. The minimum atomic E-state index is 0.281. The third-order valence-corrected chi connectivity index (χ3v) is 5.32. The molecule has 4 aromatic rings. The lowest BCUT2D eigenvalue weighted by Gasteiger charge is -2.16. The smallest absolute Gasteiger partial charge is 0.230 e. The lowest BCUT2D eigenvalue weighted by atomic mass is 9.92. The highest BCUT2D eigenvalue weighted by Gasteiger charge is 2.16. The Kier molecular flexibility index (Phi) is 5.91. The quantitative estimate of drug-likeness (QED) is 0.381. The number of rotatable bonds is 4. The molecular formula is C25H18ClN7. The van der Waals surface area contributed by atoms with Gasteiger partial charge in [0.15, 0.2) is 0 Å². The van der Waals surface area contributed by atoms with Crippen LogP contribution in [0.2, 0.25) is 5.02 Å². The molecule has 0 radical (unpaired) electrons.